The van der Waals surface area contributed by atoms with Crippen molar-refractivity contribution in [1.82, 2.24) is 14.9 Å². The lowest BCUT2D eigenvalue weighted by atomic mass is 9.86. The molecule has 4 unspecified atom stereocenters. The number of unbranched alkanes of at least 4 members (excludes halogenated alkanes) is 1. The van der Waals surface area contributed by atoms with Crippen molar-refractivity contribution in [3.8, 4) is 17.1 Å². The molecular weight excluding hydrogens is 859 g/mol. The zero-order chi connectivity index (χ0) is 43.7. The van der Waals surface area contributed by atoms with E-state index in [1.54, 1.807) is 29.7 Å². The highest BCUT2D eigenvalue weighted by atomic mass is 31.2. The number of fused-ring (bicyclic) bond motifs is 5. The molecule has 0 bridgehead atoms. The minimum Gasteiger partial charge on any atom is -0.566 e. The second-order valence-electron chi connectivity index (χ2n) is 13.4. The number of hydrogen-bond donors (Lipinski definition) is 5. The van der Waals surface area contributed by atoms with Gasteiger partial charge in [-0.05, 0) is 54.0 Å². The fourth-order valence-corrected chi connectivity index (χ4v) is 8.35. The Labute approximate surface area is 343 Å². The maximum atomic E-state index is 13.6. The van der Waals surface area contributed by atoms with E-state index in [1.807, 2.05) is 13.0 Å². The molecule has 5 rings (SSSR count). The molecule has 4 heterocycles. The molecular formula is C35H46N3O19P3. The van der Waals surface area contributed by atoms with Crippen molar-refractivity contribution in [2.45, 2.75) is 64.4 Å². The van der Waals surface area contributed by atoms with Gasteiger partial charge < -0.3 is 49.0 Å². The van der Waals surface area contributed by atoms with Crippen molar-refractivity contribution >= 4 is 46.7 Å². The van der Waals surface area contributed by atoms with E-state index in [9.17, 15) is 47.9 Å². The smallest absolute Gasteiger partial charge is 0.488 e. The number of nitrogens with zero attached hydrogens (tertiary/aromatic N) is 2. The second-order valence-corrected chi connectivity index (χ2v) is 16.9. The van der Waals surface area contributed by atoms with Crippen LogP contribution in [0.15, 0.2) is 29.1 Å². The molecule has 60 heavy (non-hydrogen) atoms. The van der Waals surface area contributed by atoms with Gasteiger partial charge in [-0.1, -0.05) is 13.8 Å². The summed E-state index contributed by atoms with van der Waals surface area (Å²) in [6.07, 6.45) is 0.230. The van der Waals surface area contributed by atoms with Gasteiger partial charge in [0.05, 0.1) is 68.7 Å². The number of phosphoric ester groups is 2. The number of esters is 1. The molecule has 2 aliphatic rings. The van der Waals surface area contributed by atoms with Crippen LogP contribution in [0, 0.1) is 0 Å². The van der Waals surface area contributed by atoms with Gasteiger partial charge in [-0.2, -0.15) is 0 Å². The molecule has 0 radical (unpaired) electrons. The van der Waals surface area contributed by atoms with E-state index < -0.39 is 80.5 Å². The number of aromatic nitrogens is 2. The minimum atomic E-state index is -4.77. The first-order valence-electron chi connectivity index (χ1n) is 18.8. The van der Waals surface area contributed by atoms with Gasteiger partial charge in [0.1, 0.15) is 12.4 Å². The number of carbonyl (C=O) groups excluding carboxylic acids is 2. The third kappa shape index (κ3) is 11.9. The molecule has 1 amide bonds. The molecule has 0 spiro atoms. The first kappa shape index (κ1) is 47.5. The van der Waals surface area contributed by atoms with Crippen LogP contribution in [-0.2, 0) is 80.6 Å². The third-order valence-electron chi connectivity index (χ3n) is 9.44. The molecule has 330 valence electrons. The number of aliphatic hydroxyl groups is 2. The number of aryl methyl sites for hydroxylation is 1. The number of phosphoric acid groups is 2. The molecule has 3 aromatic rings. The van der Waals surface area contributed by atoms with Gasteiger partial charge in [-0.25, -0.2) is 18.9 Å². The van der Waals surface area contributed by atoms with Crippen molar-refractivity contribution in [3.63, 3.8) is 0 Å². The maximum Gasteiger partial charge on any atom is 0.488 e. The summed E-state index contributed by atoms with van der Waals surface area (Å²) in [5.41, 5.74) is 1.60. The Morgan fingerprint density at radius 2 is 1.75 bits per heavy atom. The summed E-state index contributed by atoms with van der Waals surface area (Å²) in [7, 11) is -12.7. The number of carbonyl (C=O) groups is 2. The predicted molar refractivity (Wildman–Crippen MR) is 205 cm³/mol. The number of aliphatic hydroxyl groups excluding tert-OH is 1. The minimum absolute atomic E-state index is 0.0229. The Morgan fingerprint density at radius 3 is 2.43 bits per heavy atom. The van der Waals surface area contributed by atoms with Gasteiger partial charge >= 0.3 is 29.9 Å². The van der Waals surface area contributed by atoms with E-state index >= 15 is 0 Å². The summed E-state index contributed by atoms with van der Waals surface area (Å²) in [4.78, 5) is 73.9. The number of nitrogens with one attached hydrogen (secondary N) is 1. The van der Waals surface area contributed by atoms with Crippen molar-refractivity contribution < 1.29 is 85.0 Å². The zero-order valence-electron chi connectivity index (χ0n) is 32.6. The van der Waals surface area contributed by atoms with E-state index in [0.29, 0.717) is 41.9 Å². The molecule has 5 N–H and O–H groups in total. The van der Waals surface area contributed by atoms with Crippen LogP contribution in [0.5, 0.6) is 5.75 Å². The summed E-state index contributed by atoms with van der Waals surface area (Å²) >= 11 is 0. The molecule has 1 aromatic carbocycles. The van der Waals surface area contributed by atoms with Crippen molar-refractivity contribution in [1.29, 1.82) is 0 Å². The number of hydrogen-bond acceptors (Lipinski definition) is 18. The van der Waals surface area contributed by atoms with Crippen LogP contribution in [0.25, 0.3) is 22.3 Å². The summed E-state index contributed by atoms with van der Waals surface area (Å²) < 4.78 is 75.5. The molecule has 2 aromatic heterocycles. The van der Waals surface area contributed by atoms with Crippen LogP contribution in [0.2, 0.25) is 0 Å². The second kappa shape index (κ2) is 21.0. The molecule has 0 fully saturated rings. The van der Waals surface area contributed by atoms with Gasteiger partial charge in [0.25, 0.3) is 11.5 Å². The normalized spacial score (nSPS) is 18.4. The number of pyridine rings is 2. The SMILES string of the molecule is CCc1c2c(nc3cc(OCC(=O)NCCCCOCC(COP(=O)(O)OCCOP(=O)(O)OCCO)O[P+](=O)[O-])ccc13)-c1cc3c(c(=O)n1C2)COC(=O)[C@]3(O)CC. The first-order valence-corrected chi connectivity index (χ1v) is 22.9. The van der Waals surface area contributed by atoms with Crippen molar-refractivity contribution in [2.24, 2.45) is 0 Å². The lowest BCUT2D eigenvalue weighted by molar-refractivity contribution is -0.192. The van der Waals surface area contributed by atoms with Crippen LogP contribution < -0.4 is 20.5 Å². The first-order chi connectivity index (χ1) is 28.5. The van der Waals surface area contributed by atoms with Gasteiger partial charge in [-0.3, -0.25) is 27.7 Å². The maximum absolute atomic E-state index is 13.6. The van der Waals surface area contributed by atoms with Gasteiger partial charge in [0.15, 0.2) is 18.3 Å². The Hall–Kier alpha value is -3.56. The average molecular weight is 906 g/mol. The molecule has 0 saturated carbocycles. The molecule has 25 heteroatoms. The van der Waals surface area contributed by atoms with Crippen molar-refractivity contribution in [3.05, 3.63) is 56.9 Å². The number of amides is 1. The third-order valence-corrected chi connectivity index (χ3v) is 11.9. The Balaban J connectivity index is 1.06. The van der Waals surface area contributed by atoms with Gasteiger partial charge in [0, 0.05) is 35.7 Å². The highest BCUT2D eigenvalue weighted by molar-refractivity contribution is 7.47. The van der Waals surface area contributed by atoms with Gasteiger partial charge in [-0.15, -0.1) is 4.52 Å². The molecule has 5 atom stereocenters. The van der Waals surface area contributed by atoms with E-state index in [2.05, 4.69) is 23.4 Å². The highest BCUT2D eigenvalue weighted by Crippen LogP contribution is 2.46. The topological polar surface area (TPSA) is 310 Å². The lowest BCUT2D eigenvalue weighted by Gasteiger charge is -2.31. The monoisotopic (exact) mass is 905 g/mol. The Kier molecular flexibility index (Phi) is 16.6. The fourth-order valence-electron chi connectivity index (χ4n) is 6.55. The molecule has 0 saturated heterocycles. The lowest BCUT2D eigenvalue weighted by Crippen LogP contribution is -2.44. The summed E-state index contributed by atoms with van der Waals surface area (Å²) in [5, 5.41) is 23.4. The number of cyclic esters (lactones) is 1. The van der Waals surface area contributed by atoms with E-state index in [0.717, 1.165) is 16.5 Å². The van der Waals surface area contributed by atoms with Crippen LogP contribution in [0.3, 0.4) is 0 Å². The van der Waals surface area contributed by atoms with Crippen molar-refractivity contribution in [2.75, 3.05) is 59.4 Å². The quantitative estimate of drug-likeness (QED) is 0.0358. The predicted octanol–water partition coefficient (Wildman–Crippen LogP) is 1.60. The van der Waals surface area contributed by atoms with Crippen LogP contribution >= 0.6 is 23.9 Å². The summed E-state index contributed by atoms with van der Waals surface area (Å²) in [6.45, 7) is 0.302. The molecule has 22 nitrogen and oxygen atoms in total. The van der Waals surface area contributed by atoms with Crippen LogP contribution in [0.1, 0.15) is 55.4 Å². The number of benzene rings is 1. The Bertz CT molecular complexity index is 2220. The molecule has 0 aliphatic carbocycles. The number of rotatable bonds is 25. The van der Waals surface area contributed by atoms with E-state index in [-0.39, 0.29) is 62.6 Å². The zero-order valence-corrected chi connectivity index (χ0v) is 35.3. The summed E-state index contributed by atoms with van der Waals surface area (Å²) in [6, 6.07) is 6.91. The van der Waals surface area contributed by atoms with E-state index in [4.69, 9.17) is 28.8 Å². The van der Waals surface area contributed by atoms with E-state index in [1.165, 1.54) is 0 Å². The molecule has 2 aliphatic heterocycles. The van der Waals surface area contributed by atoms with Crippen LogP contribution in [0.4, 0.5) is 0 Å². The average Bonchev–Trinajstić information content (AvgIpc) is 3.58. The standard InChI is InChI=1S/C35H46N3O19P3/c1-3-24-25-8-7-22(15-29(25)37-32-26(24)17-38-30(32)16-28-27(33(38)41)20-52-34(42)35(28,43)4-2)51-21-31(40)36-9-5-6-11-50-18-23(57-58(44)45)19-56-60(48,49)55-14-13-54-59(46,47)53-12-10-39/h7-8,15-16,23,39,43H,3-6,9-14,17-21H2,1-2H3,(H,36,40)(H,46,47)(H,48,49)/t23?,35-/m0/s1. The largest absolute Gasteiger partial charge is 0.566 e. The highest BCUT2D eigenvalue weighted by Gasteiger charge is 2.45. The van der Waals surface area contributed by atoms with Crippen LogP contribution in [-0.4, -0.2) is 107 Å². The number of ether oxygens (including phenoxy) is 3. The summed E-state index contributed by atoms with van der Waals surface area (Å²) in [5.74, 6) is -0.831. The van der Waals surface area contributed by atoms with Gasteiger partial charge in [0.2, 0.25) is 0 Å². The fraction of sp³-hybridized carbons (Fsp3) is 0.543. The Morgan fingerprint density at radius 1 is 1.03 bits per heavy atom.